The smallest absolute Gasteiger partial charge is 0.315 e. The molecule has 88 valence electrons. The molecule has 1 fully saturated rings. The van der Waals surface area contributed by atoms with Gasteiger partial charge < -0.3 is 4.90 Å². The lowest BCUT2D eigenvalue weighted by Gasteiger charge is -2.31. The van der Waals surface area contributed by atoms with Gasteiger partial charge in [-0.2, -0.15) is 8.78 Å². The number of nitrogens with two attached hydrogens (primary N) is 1. The van der Waals surface area contributed by atoms with E-state index >= 15 is 0 Å². The number of carbonyl (C=O) groups is 1. The fourth-order valence-electron chi connectivity index (χ4n) is 1.54. The van der Waals surface area contributed by atoms with Crippen LogP contribution in [-0.2, 0) is 14.8 Å². The second-order valence-corrected chi connectivity index (χ2v) is 5.28. The third-order valence-electron chi connectivity index (χ3n) is 2.34. The van der Waals surface area contributed by atoms with Crippen LogP contribution in [0.3, 0.4) is 0 Å². The number of piperidine rings is 1. The highest BCUT2D eigenvalue weighted by atomic mass is 32.2. The van der Waals surface area contributed by atoms with Gasteiger partial charge in [-0.3, -0.25) is 4.79 Å². The Bertz CT molecular complexity index is 344. The molecule has 1 aliphatic heterocycles. The zero-order chi connectivity index (χ0) is 11.6. The predicted octanol–water partition coefficient (Wildman–Crippen LogP) is -0.469. The number of hydrogen-bond acceptors (Lipinski definition) is 3. The third kappa shape index (κ3) is 3.10. The highest BCUT2D eigenvalue weighted by Gasteiger charge is 2.33. The standard InChI is InChI=1S/C7H12F2N2O3S/c8-6(9)7(12)11-3-1-2-5(4-11)15(10,13)14/h5-6H,1-4H2,(H2,10,13,14). The second kappa shape index (κ2) is 4.40. The topological polar surface area (TPSA) is 80.5 Å². The highest BCUT2D eigenvalue weighted by Crippen LogP contribution is 2.16. The highest BCUT2D eigenvalue weighted by molar-refractivity contribution is 7.89. The molecule has 0 radical (unpaired) electrons. The van der Waals surface area contributed by atoms with Gasteiger partial charge in [0.05, 0.1) is 5.25 Å². The first-order valence-electron chi connectivity index (χ1n) is 4.41. The molecule has 1 amide bonds. The molecule has 0 aromatic carbocycles. The summed E-state index contributed by atoms with van der Waals surface area (Å²) in [5.41, 5.74) is 0. The van der Waals surface area contributed by atoms with E-state index in [0.717, 1.165) is 4.90 Å². The van der Waals surface area contributed by atoms with Gasteiger partial charge in [0.1, 0.15) is 0 Å². The van der Waals surface area contributed by atoms with Crippen molar-refractivity contribution < 1.29 is 22.0 Å². The molecule has 0 aliphatic carbocycles. The van der Waals surface area contributed by atoms with E-state index in [4.69, 9.17) is 5.14 Å². The van der Waals surface area contributed by atoms with Gasteiger partial charge in [-0.1, -0.05) is 0 Å². The predicted molar refractivity (Wildman–Crippen MR) is 48.7 cm³/mol. The van der Waals surface area contributed by atoms with E-state index in [9.17, 15) is 22.0 Å². The Morgan fingerprint density at radius 2 is 2.07 bits per heavy atom. The van der Waals surface area contributed by atoms with Crippen molar-refractivity contribution in [3.63, 3.8) is 0 Å². The first-order valence-corrected chi connectivity index (χ1v) is 6.02. The fraction of sp³-hybridized carbons (Fsp3) is 0.857. The molecular weight excluding hydrogens is 230 g/mol. The Morgan fingerprint density at radius 1 is 1.47 bits per heavy atom. The summed E-state index contributed by atoms with van der Waals surface area (Å²) in [6.45, 7) is -0.0722. The van der Waals surface area contributed by atoms with E-state index in [1.54, 1.807) is 0 Å². The largest absolute Gasteiger partial charge is 0.336 e. The molecule has 5 nitrogen and oxygen atoms in total. The van der Waals surface area contributed by atoms with Crippen LogP contribution in [0.4, 0.5) is 8.78 Å². The molecule has 0 spiro atoms. The molecule has 1 unspecified atom stereocenters. The molecule has 8 heteroatoms. The van der Waals surface area contributed by atoms with Crippen LogP contribution in [0.15, 0.2) is 0 Å². The second-order valence-electron chi connectivity index (χ2n) is 3.44. The molecule has 1 saturated heterocycles. The van der Waals surface area contributed by atoms with Gasteiger partial charge in [0, 0.05) is 13.1 Å². The first-order chi connectivity index (χ1) is 6.82. The van der Waals surface area contributed by atoms with Crippen LogP contribution in [0.1, 0.15) is 12.8 Å². The molecule has 0 aromatic rings. The Balaban J connectivity index is 2.69. The zero-order valence-electron chi connectivity index (χ0n) is 7.90. The SMILES string of the molecule is NS(=O)(=O)C1CCCN(C(=O)C(F)F)C1. The summed E-state index contributed by atoms with van der Waals surface area (Å²) in [6, 6.07) is 0. The molecule has 1 heterocycles. The molecule has 2 N–H and O–H groups in total. The summed E-state index contributed by atoms with van der Waals surface area (Å²) < 4.78 is 46.1. The van der Waals surface area contributed by atoms with Gasteiger partial charge in [0.15, 0.2) is 0 Å². The van der Waals surface area contributed by atoms with E-state index < -0.39 is 27.6 Å². The molecule has 0 aromatic heterocycles. The van der Waals surface area contributed by atoms with E-state index in [1.807, 2.05) is 0 Å². The number of sulfonamides is 1. The van der Waals surface area contributed by atoms with E-state index in [1.165, 1.54) is 0 Å². The molecule has 15 heavy (non-hydrogen) atoms. The number of carbonyl (C=O) groups excluding carboxylic acids is 1. The van der Waals surface area contributed by atoms with Crippen LogP contribution >= 0.6 is 0 Å². The molecule has 1 atom stereocenters. The zero-order valence-corrected chi connectivity index (χ0v) is 8.71. The summed E-state index contributed by atoms with van der Waals surface area (Å²) in [6.07, 6.45) is -2.41. The molecule has 0 saturated carbocycles. The summed E-state index contributed by atoms with van der Waals surface area (Å²) in [7, 11) is -3.76. The number of hydrogen-bond donors (Lipinski definition) is 1. The minimum atomic E-state index is -3.76. The normalized spacial score (nSPS) is 23.2. The summed E-state index contributed by atoms with van der Waals surface area (Å²) in [5, 5.41) is 3.97. The molecule has 1 aliphatic rings. The Kier molecular flexibility index (Phi) is 3.61. The number of primary sulfonamides is 1. The first kappa shape index (κ1) is 12.3. The monoisotopic (exact) mass is 242 g/mol. The van der Waals surface area contributed by atoms with Crippen LogP contribution in [0.2, 0.25) is 0 Å². The van der Waals surface area contributed by atoms with Crippen LogP contribution in [0, 0.1) is 0 Å². The van der Waals surface area contributed by atoms with Crippen LogP contribution < -0.4 is 5.14 Å². The van der Waals surface area contributed by atoms with Crippen molar-refractivity contribution in [3.05, 3.63) is 0 Å². The van der Waals surface area contributed by atoms with E-state index in [2.05, 4.69) is 0 Å². The minimum Gasteiger partial charge on any atom is -0.336 e. The van der Waals surface area contributed by atoms with Gasteiger partial charge in [-0.05, 0) is 12.8 Å². The van der Waals surface area contributed by atoms with Crippen LogP contribution in [-0.4, -0.2) is 44.0 Å². The Morgan fingerprint density at radius 3 is 2.53 bits per heavy atom. The quantitative estimate of drug-likeness (QED) is 0.711. The van der Waals surface area contributed by atoms with E-state index in [-0.39, 0.29) is 13.1 Å². The maximum atomic E-state index is 12.1. The van der Waals surface area contributed by atoms with Crippen molar-refractivity contribution in [2.45, 2.75) is 24.5 Å². The third-order valence-corrected chi connectivity index (χ3v) is 3.66. The van der Waals surface area contributed by atoms with E-state index in [0.29, 0.717) is 12.8 Å². The number of alkyl halides is 2. The summed E-state index contributed by atoms with van der Waals surface area (Å²) >= 11 is 0. The molecule has 0 bridgehead atoms. The van der Waals surface area contributed by atoms with Crippen molar-refractivity contribution in [1.29, 1.82) is 0 Å². The van der Waals surface area contributed by atoms with Crippen molar-refractivity contribution >= 4 is 15.9 Å². The minimum absolute atomic E-state index is 0.162. The number of nitrogens with zero attached hydrogens (tertiary/aromatic N) is 1. The molecule has 1 rings (SSSR count). The van der Waals surface area contributed by atoms with Crippen LogP contribution in [0.25, 0.3) is 0 Å². The lowest BCUT2D eigenvalue weighted by atomic mass is 10.1. The number of rotatable bonds is 2. The maximum Gasteiger partial charge on any atom is 0.315 e. The lowest BCUT2D eigenvalue weighted by molar-refractivity contribution is -0.143. The van der Waals surface area contributed by atoms with Gasteiger partial charge in [-0.25, -0.2) is 13.6 Å². The average Bonchev–Trinajstić information content (AvgIpc) is 2.15. The van der Waals surface area contributed by atoms with Crippen molar-refractivity contribution in [1.82, 2.24) is 4.90 Å². The Labute approximate surface area is 86.3 Å². The van der Waals surface area contributed by atoms with Crippen molar-refractivity contribution in [2.75, 3.05) is 13.1 Å². The van der Waals surface area contributed by atoms with Gasteiger partial charge in [0.2, 0.25) is 10.0 Å². The Hall–Kier alpha value is -0.760. The average molecular weight is 242 g/mol. The summed E-state index contributed by atoms with van der Waals surface area (Å²) in [4.78, 5) is 11.8. The summed E-state index contributed by atoms with van der Waals surface area (Å²) in [5.74, 6) is -1.33. The van der Waals surface area contributed by atoms with Crippen molar-refractivity contribution in [2.24, 2.45) is 5.14 Å². The molecular formula is C7H12F2N2O3S. The fourth-order valence-corrected chi connectivity index (χ4v) is 2.43. The van der Waals surface area contributed by atoms with Gasteiger partial charge in [-0.15, -0.1) is 0 Å². The number of halogens is 2. The number of amides is 1. The maximum absolute atomic E-state index is 12.1. The number of likely N-dealkylation sites (tertiary alicyclic amines) is 1. The lowest BCUT2D eigenvalue weighted by Crippen LogP contribution is -2.48. The van der Waals surface area contributed by atoms with Gasteiger partial charge in [0.25, 0.3) is 5.91 Å². The van der Waals surface area contributed by atoms with Crippen molar-refractivity contribution in [3.8, 4) is 0 Å². The van der Waals surface area contributed by atoms with Gasteiger partial charge >= 0.3 is 6.43 Å². The van der Waals surface area contributed by atoms with Crippen LogP contribution in [0.5, 0.6) is 0 Å².